The minimum absolute atomic E-state index is 0.0492. The molecule has 1 fully saturated rings. The molecule has 1 aliphatic rings. The monoisotopic (exact) mass is 279 g/mol. The molecule has 0 unspecified atom stereocenters. The summed E-state index contributed by atoms with van der Waals surface area (Å²) < 4.78 is 2.00. The molecule has 1 aromatic rings. The molecule has 0 radical (unpaired) electrons. The Kier molecular flexibility index (Phi) is 4.48. The van der Waals surface area contributed by atoms with Gasteiger partial charge in [0.25, 0.3) is 5.91 Å². The molecule has 20 heavy (non-hydrogen) atoms. The van der Waals surface area contributed by atoms with Crippen LogP contribution >= 0.6 is 0 Å². The highest BCUT2D eigenvalue weighted by molar-refractivity contribution is 5.95. The smallest absolute Gasteiger partial charge is 0.254 e. The maximum Gasteiger partial charge on any atom is 0.254 e. The Morgan fingerprint density at radius 1 is 1.50 bits per heavy atom. The number of aromatic nitrogens is 2. The fourth-order valence-corrected chi connectivity index (χ4v) is 2.63. The van der Waals surface area contributed by atoms with E-state index in [1.54, 1.807) is 6.20 Å². The molecule has 2 N–H and O–H groups in total. The lowest BCUT2D eigenvalue weighted by Gasteiger charge is -2.21. The third-order valence-electron chi connectivity index (χ3n) is 4.12. The average molecular weight is 279 g/mol. The molecule has 0 atom stereocenters. The molecule has 0 aromatic carbocycles. The van der Waals surface area contributed by atoms with Crippen LogP contribution in [0.5, 0.6) is 0 Å². The van der Waals surface area contributed by atoms with Crippen molar-refractivity contribution in [3.05, 3.63) is 17.5 Å². The van der Waals surface area contributed by atoms with Crippen molar-refractivity contribution in [2.24, 2.45) is 5.41 Å². The van der Waals surface area contributed by atoms with E-state index in [-0.39, 0.29) is 17.9 Å². The van der Waals surface area contributed by atoms with Crippen molar-refractivity contribution >= 4 is 5.91 Å². The molecule has 0 aliphatic heterocycles. The maximum atomic E-state index is 12.2. The summed E-state index contributed by atoms with van der Waals surface area (Å²) >= 11 is 0. The van der Waals surface area contributed by atoms with Crippen molar-refractivity contribution < 1.29 is 9.90 Å². The first-order valence-corrected chi connectivity index (χ1v) is 7.38. The van der Waals surface area contributed by atoms with E-state index in [1.165, 1.54) is 12.8 Å². The minimum atomic E-state index is -0.301. The van der Waals surface area contributed by atoms with Crippen LogP contribution in [-0.4, -0.2) is 33.9 Å². The van der Waals surface area contributed by atoms with Gasteiger partial charge in [-0.25, -0.2) is 0 Å². The molecule has 1 heterocycles. The summed E-state index contributed by atoms with van der Waals surface area (Å²) in [6.45, 7) is 6.30. The second-order valence-electron chi connectivity index (χ2n) is 6.53. The van der Waals surface area contributed by atoms with Crippen molar-refractivity contribution in [2.45, 2.75) is 52.5 Å². The maximum absolute atomic E-state index is 12.2. The Morgan fingerprint density at radius 2 is 2.15 bits per heavy atom. The van der Waals surface area contributed by atoms with Crippen molar-refractivity contribution in [3.8, 4) is 0 Å². The van der Waals surface area contributed by atoms with E-state index in [1.807, 2.05) is 25.5 Å². The zero-order chi connectivity index (χ0) is 14.8. The quantitative estimate of drug-likeness (QED) is 0.867. The van der Waals surface area contributed by atoms with E-state index < -0.39 is 0 Å². The second-order valence-corrected chi connectivity index (χ2v) is 6.53. The van der Waals surface area contributed by atoms with E-state index in [2.05, 4.69) is 10.4 Å². The highest BCUT2D eigenvalue weighted by Gasteiger charge is 2.23. The van der Waals surface area contributed by atoms with E-state index in [4.69, 9.17) is 0 Å². The van der Waals surface area contributed by atoms with Crippen molar-refractivity contribution in [1.82, 2.24) is 15.1 Å². The molecule has 5 heteroatoms. The van der Waals surface area contributed by atoms with Crippen molar-refractivity contribution in [1.29, 1.82) is 0 Å². The zero-order valence-electron chi connectivity index (χ0n) is 12.6. The van der Waals surface area contributed by atoms with Crippen LogP contribution in [0.25, 0.3) is 0 Å². The number of amides is 1. The van der Waals surface area contributed by atoms with Gasteiger partial charge in [0, 0.05) is 24.3 Å². The van der Waals surface area contributed by atoms with Gasteiger partial charge in [0.15, 0.2) is 0 Å². The van der Waals surface area contributed by atoms with Crippen LogP contribution in [0.1, 0.15) is 61.6 Å². The lowest BCUT2D eigenvalue weighted by Crippen LogP contribution is -2.36. The number of nitrogens with one attached hydrogen (secondary N) is 1. The highest BCUT2D eigenvalue weighted by Crippen LogP contribution is 2.30. The number of rotatable bonds is 5. The first-order chi connectivity index (χ1) is 9.44. The topological polar surface area (TPSA) is 67.2 Å². The van der Waals surface area contributed by atoms with Crippen LogP contribution < -0.4 is 5.32 Å². The molecule has 0 spiro atoms. The molecular formula is C15H25N3O2. The second kappa shape index (κ2) is 5.95. The number of nitrogens with zero attached hydrogens (tertiary/aromatic N) is 2. The third kappa shape index (κ3) is 3.20. The fraction of sp³-hybridized carbons (Fsp3) is 0.733. The van der Waals surface area contributed by atoms with Crippen LogP contribution in [0.3, 0.4) is 0 Å². The van der Waals surface area contributed by atoms with Gasteiger partial charge in [-0.2, -0.15) is 5.10 Å². The van der Waals surface area contributed by atoms with E-state index in [0.717, 1.165) is 18.5 Å². The lowest BCUT2D eigenvalue weighted by atomic mass is 9.95. The van der Waals surface area contributed by atoms with E-state index in [0.29, 0.717) is 18.2 Å². The summed E-state index contributed by atoms with van der Waals surface area (Å²) in [5, 5.41) is 16.5. The largest absolute Gasteiger partial charge is 0.396 e. The van der Waals surface area contributed by atoms with Gasteiger partial charge in [-0.05, 0) is 19.8 Å². The molecule has 1 saturated carbocycles. The van der Waals surface area contributed by atoms with Crippen LogP contribution in [0.15, 0.2) is 6.20 Å². The normalized spacial score (nSPS) is 16.6. The van der Waals surface area contributed by atoms with Gasteiger partial charge in [-0.1, -0.05) is 26.7 Å². The van der Waals surface area contributed by atoms with Gasteiger partial charge < -0.3 is 10.4 Å². The number of carbonyl (C=O) groups excluding carboxylic acids is 1. The number of hydrogen-bond acceptors (Lipinski definition) is 3. The summed E-state index contributed by atoms with van der Waals surface area (Å²) in [7, 11) is 0. The Balaban J connectivity index is 2.03. The lowest BCUT2D eigenvalue weighted by molar-refractivity contribution is 0.0910. The Bertz CT molecular complexity index is 473. The molecule has 1 aromatic heterocycles. The van der Waals surface area contributed by atoms with Crippen LogP contribution in [0, 0.1) is 12.3 Å². The average Bonchev–Trinajstić information content (AvgIpc) is 3.05. The molecule has 112 valence electrons. The van der Waals surface area contributed by atoms with E-state index >= 15 is 0 Å². The number of carbonyl (C=O) groups is 1. The van der Waals surface area contributed by atoms with Gasteiger partial charge in [-0.3, -0.25) is 9.48 Å². The molecule has 5 nitrogen and oxygen atoms in total. The number of hydrogen-bond donors (Lipinski definition) is 2. The highest BCUT2D eigenvalue weighted by atomic mass is 16.3. The van der Waals surface area contributed by atoms with E-state index in [9.17, 15) is 9.90 Å². The zero-order valence-corrected chi connectivity index (χ0v) is 12.6. The third-order valence-corrected chi connectivity index (χ3v) is 4.12. The summed E-state index contributed by atoms with van der Waals surface area (Å²) in [6.07, 6.45) is 6.46. The molecular weight excluding hydrogens is 254 g/mol. The standard InChI is InChI=1S/C15H25N3O2/c1-11-13(14(20)16-9-15(2,3)10-19)8-17-18(11)12-6-4-5-7-12/h8,12,19H,4-7,9-10H2,1-3H3,(H,16,20). The van der Waals surface area contributed by atoms with Gasteiger partial charge in [0.05, 0.1) is 17.8 Å². The van der Waals surface area contributed by atoms with Gasteiger partial charge in [0.1, 0.15) is 0 Å². The van der Waals surface area contributed by atoms with Crippen LogP contribution in [0.4, 0.5) is 0 Å². The first kappa shape index (κ1) is 15.0. The molecule has 0 bridgehead atoms. The van der Waals surface area contributed by atoms with Crippen LogP contribution in [-0.2, 0) is 0 Å². The summed E-state index contributed by atoms with van der Waals surface area (Å²) in [6, 6.07) is 0.449. The molecule has 2 rings (SSSR count). The first-order valence-electron chi connectivity index (χ1n) is 7.38. The predicted octanol–water partition coefficient (Wildman–Crippen LogP) is 2.05. The Morgan fingerprint density at radius 3 is 2.75 bits per heavy atom. The predicted molar refractivity (Wildman–Crippen MR) is 77.7 cm³/mol. The number of aliphatic hydroxyl groups is 1. The summed E-state index contributed by atoms with van der Waals surface area (Å²) in [5.41, 5.74) is 1.28. The van der Waals surface area contributed by atoms with Crippen molar-refractivity contribution in [2.75, 3.05) is 13.2 Å². The minimum Gasteiger partial charge on any atom is -0.396 e. The van der Waals surface area contributed by atoms with Crippen molar-refractivity contribution in [3.63, 3.8) is 0 Å². The molecule has 0 saturated heterocycles. The van der Waals surface area contributed by atoms with Gasteiger partial charge in [0.2, 0.25) is 0 Å². The van der Waals surface area contributed by atoms with Crippen LogP contribution in [0.2, 0.25) is 0 Å². The SMILES string of the molecule is Cc1c(C(=O)NCC(C)(C)CO)cnn1C1CCCC1. The summed E-state index contributed by atoms with van der Waals surface area (Å²) in [4.78, 5) is 12.2. The molecule has 1 aliphatic carbocycles. The van der Waals surface area contributed by atoms with Gasteiger partial charge in [-0.15, -0.1) is 0 Å². The Labute approximate surface area is 120 Å². The summed E-state index contributed by atoms with van der Waals surface area (Å²) in [5.74, 6) is -0.103. The van der Waals surface area contributed by atoms with Gasteiger partial charge >= 0.3 is 0 Å². The molecule has 1 amide bonds. The number of aliphatic hydroxyl groups excluding tert-OH is 1. The fourth-order valence-electron chi connectivity index (χ4n) is 2.63. The Hall–Kier alpha value is -1.36.